The molecule has 1 amide bonds. The van der Waals surface area contributed by atoms with Crippen LogP contribution in [-0.4, -0.2) is 30.0 Å². The summed E-state index contributed by atoms with van der Waals surface area (Å²) in [6.45, 7) is 2.60. The van der Waals surface area contributed by atoms with Crippen molar-refractivity contribution in [1.29, 1.82) is 0 Å². The van der Waals surface area contributed by atoms with Crippen LogP contribution in [0.3, 0.4) is 0 Å². The first-order valence-electron chi connectivity index (χ1n) is 5.78. The van der Waals surface area contributed by atoms with Gasteiger partial charge >= 0.3 is 5.97 Å². The van der Waals surface area contributed by atoms with Gasteiger partial charge < -0.3 is 20.2 Å². The molecule has 0 saturated heterocycles. The minimum absolute atomic E-state index is 0.136. The first-order chi connectivity index (χ1) is 8.63. The Morgan fingerprint density at radius 2 is 2.28 bits per heavy atom. The Balaban J connectivity index is 2.27. The fourth-order valence-corrected chi connectivity index (χ4v) is 1.27. The van der Waals surface area contributed by atoms with Crippen molar-refractivity contribution in [2.45, 2.75) is 26.2 Å². The highest BCUT2D eigenvalue weighted by atomic mass is 16.5. The molecule has 0 aliphatic carbocycles. The molecule has 0 fully saturated rings. The predicted molar refractivity (Wildman–Crippen MR) is 64.0 cm³/mol. The number of nitrogens with two attached hydrogens (primary N) is 1. The second-order valence-corrected chi connectivity index (χ2v) is 3.61. The van der Waals surface area contributed by atoms with E-state index in [2.05, 4.69) is 10.3 Å². The van der Waals surface area contributed by atoms with Crippen LogP contribution in [0.15, 0.2) is 10.7 Å². The Morgan fingerprint density at radius 1 is 1.50 bits per heavy atom. The van der Waals surface area contributed by atoms with Crippen LogP contribution in [0.5, 0.6) is 0 Å². The summed E-state index contributed by atoms with van der Waals surface area (Å²) < 4.78 is 9.82. The molecule has 0 radical (unpaired) electrons. The molecule has 1 aromatic rings. The Bertz CT molecular complexity index is 403. The quantitative estimate of drug-likeness (QED) is 0.528. The highest BCUT2D eigenvalue weighted by molar-refractivity contribution is 5.87. The molecular weight excluding hydrogens is 238 g/mol. The molecule has 0 unspecified atom stereocenters. The molecule has 100 valence electrons. The third kappa shape index (κ3) is 4.86. The highest BCUT2D eigenvalue weighted by Gasteiger charge is 2.12. The zero-order valence-electron chi connectivity index (χ0n) is 10.3. The summed E-state index contributed by atoms with van der Waals surface area (Å²) in [5, 5.41) is 2.90. The fourth-order valence-electron chi connectivity index (χ4n) is 1.27. The second-order valence-electron chi connectivity index (χ2n) is 3.61. The van der Waals surface area contributed by atoms with E-state index in [9.17, 15) is 9.59 Å². The fraction of sp³-hybridized carbons (Fsp3) is 0.545. The van der Waals surface area contributed by atoms with Crippen molar-refractivity contribution in [1.82, 2.24) is 4.98 Å². The molecule has 1 aromatic heterocycles. The number of hydrogen-bond acceptors (Lipinski definition) is 6. The monoisotopic (exact) mass is 255 g/mol. The molecule has 0 spiro atoms. The van der Waals surface area contributed by atoms with E-state index in [-0.39, 0.29) is 17.6 Å². The number of esters is 1. The number of aromatic nitrogens is 1. The van der Waals surface area contributed by atoms with Crippen molar-refractivity contribution in [3.8, 4) is 0 Å². The number of oxazole rings is 1. The van der Waals surface area contributed by atoms with Gasteiger partial charge in [-0.25, -0.2) is 4.79 Å². The average Bonchev–Trinajstić information content (AvgIpc) is 2.77. The molecule has 0 saturated carbocycles. The van der Waals surface area contributed by atoms with Crippen LogP contribution in [0, 0.1) is 0 Å². The SMILES string of the molecule is CCOC(=O)c1coc(NCCCCC(N)=O)n1. The lowest BCUT2D eigenvalue weighted by Gasteiger charge is -2.00. The Morgan fingerprint density at radius 3 is 2.94 bits per heavy atom. The number of carbonyl (C=O) groups excluding carboxylic acids is 2. The summed E-state index contributed by atoms with van der Waals surface area (Å²) in [5.74, 6) is -0.821. The zero-order chi connectivity index (χ0) is 13.4. The number of amides is 1. The van der Waals surface area contributed by atoms with Gasteiger partial charge in [0, 0.05) is 13.0 Å². The topological polar surface area (TPSA) is 107 Å². The summed E-state index contributed by atoms with van der Waals surface area (Å²) in [4.78, 5) is 25.7. The third-order valence-electron chi connectivity index (χ3n) is 2.11. The number of unbranched alkanes of at least 4 members (excludes halogenated alkanes) is 1. The van der Waals surface area contributed by atoms with Crippen molar-refractivity contribution in [2.75, 3.05) is 18.5 Å². The summed E-state index contributed by atoms with van der Waals surface area (Å²) in [5.41, 5.74) is 5.14. The van der Waals surface area contributed by atoms with Gasteiger partial charge in [0.1, 0.15) is 6.26 Å². The van der Waals surface area contributed by atoms with Gasteiger partial charge in [-0.2, -0.15) is 4.98 Å². The number of hydrogen-bond donors (Lipinski definition) is 2. The normalized spacial score (nSPS) is 10.1. The van der Waals surface area contributed by atoms with E-state index in [1.165, 1.54) is 6.26 Å². The number of carbonyl (C=O) groups is 2. The number of ether oxygens (including phenoxy) is 1. The Kier molecular flexibility index (Phi) is 5.69. The highest BCUT2D eigenvalue weighted by Crippen LogP contribution is 2.09. The maximum Gasteiger partial charge on any atom is 0.360 e. The number of nitrogens with zero attached hydrogens (tertiary/aromatic N) is 1. The van der Waals surface area contributed by atoms with Crippen molar-refractivity contribution in [2.24, 2.45) is 5.73 Å². The van der Waals surface area contributed by atoms with E-state index in [1.807, 2.05) is 0 Å². The molecule has 0 bridgehead atoms. The van der Waals surface area contributed by atoms with Crippen LogP contribution < -0.4 is 11.1 Å². The molecule has 7 heteroatoms. The van der Waals surface area contributed by atoms with Gasteiger partial charge in [-0.1, -0.05) is 0 Å². The van der Waals surface area contributed by atoms with Crippen LogP contribution in [0.25, 0.3) is 0 Å². The van der Waals surface area contributed by atoms with E-state index in [0.717, 1.165) is 6.42 Å². The number of rotatable bonds is 8. The van der Waals surface area contributed by atoms with Crippen molar-refractivity contribution >= 4 is 17.9 Å². The van der Waals surface area contributed by atoms with Gasteiger partial charge in [-0.15, -0.1) is 0 Å². The first kappa shape index (κ1) is 14.0. The number of anilines is 1. The summed E-state index contributed by atoms with van der Waals surface area (Å²) in [6.07, 6.45) is 3.07. The van der Waals surface area contributed by atoms with Gasteiger partial charge in [0.05, 0.1) is 6.61 Å². The van der Waals surface area contributed by atoms with Crippen LogP contribution in [0.4, 0.5) is 6.01 Å². The molecular formula is C11H17N3O4. The summed E-state index contributed by atoms with van der Waals surface area (Å²) in [6, 6.07) is 0.261. The molecule has 0 aliphatic rings. The minimum atomic E-state index is -0.511. The summed E-state index contributed by atoms with van der Waals surface area (Å²) >= 11 is 0. The molecule has 1 heterocycles. The van der Waals surface area contributed by atoms with Crippen molar-refractivity contribution < 1.29 is 18.7 Å². The van der Waals surface area contributed by atoms with E-state index in [0.29, 0.717) is 26.0 Å². The molecule has 18 heavy (non-hydrogen) atoms. The van der Waals surface area contributed by atoms with E-state index in [4.69, 9.17) is 14.9 Å². The van der Waals surface area contributed by atoms with E-state index < -0.39 is 5.97 Å². The van der Waals surface area contributed by atoms with Crippen molar-refractivity contribution in [3.05, 3.63) is 12.0 Å². The lowest BCUT2D eigenvalue weighted by molar-refractivity contribution is -0.118. The summed E-state index contributed by atoms with van der Waals surface area (Å²) in [7, 11) is 0. The van der Waals surface area contributed by atoms with Crippen molar-refractivity contribution in [3.63, 3.8) is 0 Å². The van der Waals surface area contributed by atoms with Crippen LogP contribution in [0.1, 0.15) is 36.7 Å². The minimum Gasteiger partial charge on any atom is -0.461 e. The lowest BCUT2D eigenvalue weighted by Crippen LogP contribution is -2.11. The van der Waals surface area contributed by atoms with E-state index >= 15 is 0 Å². The zero-order valence-corrected chi connectivity index (χ0v) is 10.3. The van der Waals surface area contributed by atoms with Gasteiger partial charge in [0.25, 0.3) is 6.01 Å². The van der Waals surface area contributed by atoms with Crippen LogP contribution in [-0.2, 0) is 9.53 Å². The maximum absolute atomic E-state index is 11.3. The molecule has 1 rings (SSSR count). The van der Waals surface area contributed by atoms with Crippen LogP contribution >= 0.6 is 0 Å². The second kappa shape index (κ2) is 7.31. The molecule has 0 aliphatic heterocycles. The van der Waals surface area contributed by atoms with Gasteiger partial charge in [-0.3, -0.25) is 4.79 Å². The molecule has 0 aromatic carbocycles. The van der Waals surface area contributed by atoms with Gasteiger partial charge in [-0.05, 0) is 19.8 Å². The largest absolute Gasteiger partial charge is 0.461 e. The smallest absolute Gasteiger partial charge is 0.360 e. The number of primary amides is 1. The Hall–Kier alpha value is -2.05. The molecule has 7 nitrogen and oxygen atoms in total. The molecule has 3 N–H and O–H groups in total. The molecule has 0 atom stereocenters. The van der Waals surface area contributed by atoms with Gasteiger partial charge in [0.2, 0.25) is 5.91 Å². The standard InChI is InChI=1S/C11H17N3O4/c1-2-17-10(16)8-7-18-11(14-8)13-6-4-3-5-9(12)15/h7H,2-6H2,1H3,(H2,12,15)(H,13,14). The average molecular weight is 255 g/mol. The van der Waals surface area contributed by atoms with Crippen LogP contribution in [0.2, 0.25) is 0 Å². The predicted octanol–water partition coefficient (Wildman–Crippen LogP) is 0.919. The first-order valence-corrected chi connectivity index (χ1v) is 5.78. The van der Waals surface area contributed by atoms with Gasteiger partial charge in [0.15, 0.2) is 5.69 Å². The lowest BCUT2D eigenvalue weighted by atomic mass is 10.2. The maximum atomic E-state index is 11.3. The number of nitrogens with one attached hydrogen (secondary N) is 1. The Labute approximate surface area is 105 Å². The third-order valence-corrected chi connectivity index (χ3v) is 2.11. The van der Waals surface area contributed by atoms with E-state index in [1.54, 1.807) is 6.92 Å².